The Hall–Kier alpha value is -3.79. The Bertz CT molecular complexity index is 1290. The second kappa shape index (κ2) is 7.80. The third-order valence-corrected chi connectivity index (χ3v) is 6.36. The molecule has 154 valence electrons. The zero-order valence-corrected chi connectivity index (χ0v) is 17.0. The number of hydrogen-bond acceptors (Lipinski definition) is 7. The fraction of sp³-hybridized carbons (Fsp3) is 0.143. The first-order valence-corrected chi connectivity index (χ1v) is 10.5. The van der Waals surface area contributed by atoms with E-state index in [1.807, 2.05) is 30.3 Å². The second-order valence-corrected chi connectivity index (χ2v) is 8.16. The molecule has 1 atom stereocenters. The molecule has 31 heavy (non-hydrogen) atoms. The van der Waals surface area contributed by atoms with Gasteiger partial charge in [0.15, 0.2) is 5.65 Å². The highest BCUT2D eigenvalue weighted by atomic mass is 32.2. The fourth-order valence-electron chi connectivity index (χ4n) is 3.60. The van der Waals surface area contributed by atoms with Gasteiger partial charge in [0.05, 0.1) is 33.1 Å². The van der Waals surface area contributed by atoms with Gasteiger partial charge in [0.25, 0.3) is 5.69 Å². The van der Waals surface area contributed by atoms with Crippen molar-refractivity contribution >= 4 is 40.1 Å². The number of nitro benzene ring substituents is 1. The average molecular weight is 432 g/mol. The lowest BCUT2D eigenvalue weighted by atomic mass is 10.2. The monoisotopic (exact) mass is 432 g/mol. The number of anilines is 1. The highest BCUT2D eigenvalue weighted by Gasteiger charge is 2.34. The summed E-state index contributed by atoms with van der Waals surface area (Å²) in [6.45, 7) is 0.495. The Morgan fingerprint density at radius 1 is 1.06 bits per heavy atom. The van der Waals surface area contributed by atoms with Crippen LogP contribution in [-0.2, 0) is 4.79 Å². The predicted molar refractivity (Wildman–Crippen MR) is 116 cm³/mol. The minimum Gasteiger partial charge on any atom is -0.311 e. The highest BCUT2D eigenvalue weighted by Crippen LogP contribution is 2.36. The van der Waals surface area contributed by atoms with E-state index in [2.05, 4.69) is 15.1 Å². The number of rotatable bonds is 5. The summed E-state index contributed by atoms with van der Waals surface area (Å²) < 4.78 is 1.74. The average Bonchev–Trinajstić information content (AvgIpc) is 3.39. The highest BCUT2D eigenvalue weighted by molar-refractivity contribution is 8.00. The summed E-state index contributed by atoms with van der Waals surface area (Å²) in [7, 11) is 0. The minimum absolute atomic E-state index is 0.0350. The van der Waals surface area contributed by atoms with Crippen LogP contribution in [0.1, 0.15) is 6.42 Å². The van der Waals surface area contributed by atoms with Gasteiger partial charge >= 0.3 is 0 Å². The van der Waals surface area contributed by atoms with Gasteiger partial charge in [-0.2, -0.15) is 5.10 Å². The standard InChI is InChI=1S/C21H16N6O3S/c28-21-18(9-10-25(21)15-7-4-8-16(11-15)27(29)30)31-20-17-12-24-26(19(17)22-13-23-20)14-5-2-1-3-6-14/h1-8,11-13,18H,9-10H2. The van der Waals surface area contributed by atoms with E-state index >= 15 is 0 Å². The van der Waals surface area contributed by atoms with Gasteiger partial charge in [-0.15, -0.1) is 0 Å². The van der Waals surface area contributed by atoms with Crippen LogP contribution in [-0.4, -0.2) is 42.4 Å². The maximum absolute atomic E-state index is 13.0. The zero-order valence-electron chi connectivity index (χ0n) is 16.2. The topological polar surface area (TPSA) is 107 Å². The zero-order chi connectivity index (χ0) is 21.4. The number of thioether (sulfide) groups is 1. The summed E-state index contributed by atoms with van der Waals surface area (Å²) in [5.41, 5.74) is 2.06. The molecular weight excluding hydrogens is 416 g/mol. The van der Waals surface area contributed by atoms with Crippen LogP contribution in [0.4, 0.5) is 11.4 Å². The first kappa shape index (κ1) is 19.2. The summed E-state index contributed by atoms with van der Waals surface area (Å²) >= 11 is 1.38. The molecule has 0 spiro atoms. The van der Waals surface area contributed by atoms with Gasteiger partial charge in [0.2, 0.25) is 5.91 Å². The molecule has 1 aliphatic heterocycles. The van der Waals surface area contributed by atoms with Crippen molar-refractivity contribution < 1.29 is 9.72 Å². The number of para-hydroxylation sites is 1. The van der Waals surface area contributed by atoms with Crippen LogP contribution < -0.4 is 4.90 Å². The smallest absolute Gasteiger partial charge is 0.271 e. The first-order chi connectivity index (χ1) is 15.1. The van der Waals surface area contributed by atoms with Gasteiger partial charge < -0.3 is 4.90 Å². The number of amides is 1. The molecule has 1 amide bonds. The Balaban J connectivity index is 1.41. The van der Waals surface area contributed by atoms with E-state index in [0.29, 0.717) is 29.3 Å². The van der Waals surface area contributed by atoms with Crippen molar-refractivity contribution in [2.45, 2.75) is 16.7 Å². The van der Waals surface area contributed by atoms with Gasteiger partial charge in [-0.3, -0.25) is 14.9 Å². The van der Waals surface area contributed by atoms with Crippen LogP contribution in [0, 0.1) is 10.1 Å². The molecule has 10 heteroatoms. The first-order valence-electron chi connectivity index (χ1n) is 9.58. The van der Waals surface area contributed by atoms with E-state index in [9.17, 15) is 14.9 Å². The van der Waals surface area contributed by atoms with E-state index < -0.39 is 4.92 Å². The quantitative estimate of drug-likeness (QED) is 0.269. The number of carbonyl (C=O) groups excluding carboxylic acids is 1. The number of non-ortho nitro benzene ring substituents is 1. The molecule has 0 saturated carbocycles. The molecule has 1 saturated heterocycles. The van der Waals surface area contributed by atoms with Crippen LogP contribution in [0.25, 0.3) is 16.7 Å². The Kier molecular flexibility index (Phi) is 4.83. The van der Waals surface area contributed by atoms with E-state index in [4.69, 9.17) is 0 Å². The molecule has 5 rings (SSSR count). The number of benzene rings is 2. The molecule has 9 nitrogen and oxygen atoms in total. The van der Waals surface area contributed by atoms with Crippen molar-refractivity contribution in [2.24, 2.45) is 0 Å². The normalized spacial score (nSPS) is 16.2. The molecule has 0 radical (unpaired) electrons. The number of carbonyl (C=O) groups is 1. The third-order valence-electron chi connectivity index (χ3n) is 5.09. The fourth-order valence-corrected chi connectivity index (χ4v) is 4.70. The van der Waals surface area contributed by atoms with Gasteiger partial charge in [-0.25, -0.2) is 14.6 Å². The third kappa shape index (κ3) is 3.50. The molecule has 2 aromatic heterocycles. The van der Waals surface area contributed by atoms with Crippen molar-refractivity contribution in [1.29, 1.82) is 0 Å². The molecule has 1 fully saturated rings. The Labute approximate surface area is 180 Å². The Morgan fingerprint density at radius 2 is 1.87 bits per heavy atom. The summed E-state index contributed by atoms with van der Waals surface area (Å²) in [4.78, 5) is 34.0. The molecule has 0 bridgehead atoms. The van der Waals surface area contributed by atoms with Crippen molar-refractivity contribution in [3.05, 3.63) is 77.2 Å². The lowest BCUT2D eigenvalue weighted by molar-refractivity contribution is -0.384. The molecular formula is C21H16N6O3S. The lowest BCUT2D eigenvalue weighted by Crippen LogP contribution is -2.28. The summed E-state index contributed by atoms with van der Waals surface area (Å²) in [6.07, 6.45) is 3.80. The van der Waals surface area contributed by atoms with E-state index in [1.165, 1.54) is 30.2 Å². The van der Waals surface area contributed by atoms with Crippen molar-refractivity contribution in [1.82, 2.24) is 19.7 Å². The summed E-state index contributed by atoms with van der Waals surface area (Å²) in [5, 5.41) is 16.6. The number of aromatic nitrogens is 4. The second-order valence-electron chi connectivity index (χ2n) is 6.97. The van der Waals surface area contributed by atoms with E-state index in [0.717, 1.165) is 11.1 Å². The van der Waals surface area contributed by atoms with Crippen molar-refractivity contribution in [3.63, 3.8) is 0 Å². The lowest BCUT2D eigenvalue weighted by Gasteiger charge is -2.16. The maximum Gasteiger partial charge on any atom is 0.271 e. The molecule has 4 aromatic rings. The number of nitro groups is 1. The number of nitrogens with zero attached hydrogens (tertiary/aromatic N) is 6. The molecule has 1 unspecified atom stereocenters. The van der Waals surface area contributed by atoms with Crippen molar-refractivity contribution in [3.8, 4) is 5.69 Å². The van der Waals surface area contributed by atoms with Crippen LogP contribution in [0.2, 0.25) is 0 Å². The SMILES string of the molecule is O=C1C(Sc2ncnc3c2cnn3-c2ccccc2)CCN1c1cccc([N+](=O)[O-])c1. The molecule has 3 heterocycles. The van der Waals surface area contributed by atoms with Gasteiger partial charge in [-0.1, -0.05) is 36.0 Å². The molecule has 1 aliphatic rings. The number of hydrogen-bond donors (Lipinski definition) is 0. The van der Waals surface area contributed by atoms with Gasteiger partial charge in [0, 0.05) is 18.7 Å². The summed E-state index contributed by atoms with van der Waals surface area (Å²) in [6, 6.07) is 15.8. The van der Waals surface area contributed by atoms with Crippen LogP contribution in [0.3, 0.4) is 0 Å². The van der Waals surface area contributed by atoms with Crippen molar-refractivity contribution in [2.75, 3.05) is 11.4 Å². The number of fused-ring (bicyclic) bond motifs is 1. The maximum atomic E-state index is 13.0. The van der Waals surface area contributed by atoms with Crippen LogP contribution in [0.5, 0.6) is 0 Å². The largest absolute Gasteiger partial charge is 0.311 e. The molecule has 2 aromatic carbocycles. The molecule has 0 aliphatic carbocycles. The van der Waals surface area contributed by atoms with E-state index in [1.54, 1.807) is 27.9 Å². The molecule has 0 N–H and O–H groups in total. The van der Waals surface area contributed by atoms with Gasteiger partial charge in [0.1, 0.15) is 11.4 Å². The predicted octanol–water partition coefficient (Wildman–Crippen LogP) is 3.62. The van der Waals surface area contributed by atoms with E-state index in [-0.39, 0.29) is 16.8 Å². The Morgan fingerprint density at radius 3 is 2.68 bits per heavy atom. The van der Waals surface area contributed by atoms with Gasteiger partial charge in [-0.05, 0) is 24.6 Å². The summed E-state index contributed by atoms with van der Waals surface area (Å²) in [5.74, 6) is -0.0901. The van der Waals surface area contributed by atoms with Crippen LogP contribution in [0.15, 0.2) is 72.1 Å². The van der Waals surface area contributed by atoms with Crippen LogP contribution >= 0.6 is 11.8 Å². The minimum atomic E-state index is -0.460.